The van der Waals surface area contributed by atoms with Crippen LogP contribution < -0.4 is 5.32 Å². The lowest BCUT2D eigenvalue weighted by Crippen LogP contribution is -2.43. The molecule has 1 unspecified atom stereocenters. The predicted molar refractivity (Wildman–Crippen MR) is 99.0 cm³/mol. The van der Waals surface area contributed by atoms with Crippen molar-refractivity contribution in [3.63, 3.8) is 0 Å². The first-order valence-electron chi connectivity index (χ1n) is 9.42. The molecule has 2 aromatic rings. The number of halogens is 1. The van der Waals surface area contributed by atoms with Gasteiger partial charge >= 0.3 is 12.0 Å². The van der Waals surface area contributed by atoms with Crippen LogP contribution in [-0.4, -0.2) is 44.6 Å². The first-order chi connectivity index (χ1) is 13.4. The fourth-order valence-electron chi connectivity index (χ4n) is 4.62. The van der Waals surface area contributed by atoms with Crippen LogP contribution >= 0.6 is 0 Å². The van der Waals surface area contributed by atoms with Gasteiger partial charge < -0.3 is 19.9 Å². The molecule has 8 heteroatoms. The van der Waals surface area contributed by atoms with Crippen molar-refractivity contribution in [2.24, 2.45) is 18.4 Å². The topological polar surface area (TPSA) is 87.5 Å². The monoisotopic (exact) mass is 386 g/mol. The van der Waals surface area contributed by atoms with Gasteiger partial charge in [-0.15, -0.1) is 0 Å². The van der Waals surface area contributed by atoms with Crippen molar-refractivity contribution in [1.29, 1.82) is 0 Å². The van der Waals surface area contributed by atoms with Crippen LogP contribution in [0, 0.1) is 17.2 Å². The zero-order valence-electron chi connectivity index (χ0n) is 15.6. The van der Waals surface area contributed by atoms with Crippen LogP contribution in [0.1, 0.15) is 36.7 Å². The Bertz CT molecular complexity index is 897. The van der Waals surface area contributed by atoms with E-state index in [-0.39, 0.29) is 24.3 Å². The van der Waals surface area contributed by atoms with E-state index < -0.39 is 17.4 Å². The maximum absolute atomic E-state index is 13.4. The average Bonchev–Trinajstić information content (AvgIpc) is 3.34. The van der Waals surface area contributed by atoms with E-state index >= 15 is 0 Å². The van der Waals surface area contributed by atoms with E-state index in [4.69, 9.17) is 0 Å². The Labute approximate surface area is 162 Å². The summed E-state index contributed by atoms with van der Waals surface area (Å²) >= 11 is 0. The molecule has 2 fully saturated rings. The highest BCUT2D eigenvalue weighted by Crippen LogP contribution is 2.48. The van der Waals surface area contributed by atoms with Gasteiger partial charge in [0, 0.05) is 32.5 Å². The summed E-state index contributed by atoms with van der Waals surface area (Å²) in [6.45, 7) is 0.657. The number of likely N-dealkylation sites (tertiary alicyclic amines) is 1. The maximum atomic E-state index is 13.4. The van der Waals surface area contributed by atoms with E-state index in [1.165, 1.54) is 12.1 Å². The number of nitrogens with zero attached hydrogens (tertiary/aromatic N) is 3. The number of fused-ring (bicyclic) bond motifs is 1. The molecule has 2 heterocycles. The second-order valence-electron chi connectivity index (χ2n) is 7.76. The maximum Gasteiger partial charge on any atom is 0.318 e. The lowest BCUT2D eigenvalue weighted by Gasteiger charge is -2.25. The molecular weight excluding hydrogens is 363 g/mol. The lowest BCUT2D eigenvalue weighted by molar-refractivity contribution is -0.149. The van der Waals surface area contributed by atoms with Crippen LogP contribution in [0.2, 0.25) is 0 Å². The van der Waals surface area contributed by atoms with E-state index in [0.29, 0.717) is 24.4 Å². The van der Waals surface area contributed by atoms with Crippen LogP contribution in [0.25, 0.3) is 0 Å². The summed E-state index contributed by atoms with van der Waals surface area (Å²) in [4.78, 5) is 30.8. The van der Waals surface area contributed by atoms with Crippen molar-refractivity contribution >= 4 is 12.0 Å². The van der Waals surface area contributed by atoms with Gasteiger partial charge in [-0.1, -0.05) is 18.6 Å². The van der Waals surface area contributed by atoms with Crippen molar-refractivity contribution in [3.8, 4) is 0 Å². The Morgan fingerprint density at radius 1 is 1.36 bits per heavy atom. The van der Waals surface area contributed by atoms with Gasteiger partial charge in [0.25, 0.3) is 0 Å². The molecule has 1 aliphatic heterocycles. The highest BCUT2D eigenvalue weighted by Gasteiger charge is 2.56. The number of urea groups is 1. The summed E-state index contributed by atoms with van der Waals surface area (Å²) in [6.07, 6.45) is 5.74. The number of hydrogen-bond donors (Lipinski definition) is 2. The molecule has 1 aliphatic carbocycles. The number of amides is 2. The van der Waals surface area contributed by atoms with E-state index in [1.54, 1.807) is 34.0 Å². The number of nitrogens with one attached hydrogen (secondary N) is 1. The fraction of sp³-hybridized carbons (Fsp3) is 0.450. The van der Waals surface area contributed by atoms with Gasteiger partial charge in [0.2, 0.25) is 0 Å². The van der Waals surface area contributed by atoms with Crippen molar-refractivity contribution in [2.45, 2.75) is 25.3 Å². The molecule has 148 valence electrons. The van der Waals surface area contributed by atoms with Crippen molar-refractivity contribution in [2.75, 3.05) is 13.1 Å². The smallest absolute Gasteiger partial charge is 0.318 e. The van der Waals surface area contributed by atoms with Gasteiger partial charge in [-0.3, -0.25) is 4.79 Å². The molecule has 3 atom stereocenters. The summed E-state index contributed by atoms with van der Waals surface area (Å²) in [6, 6.07) is 5.04. The number of aromatic nitrogens is 2. The van der Waals surface area contributed by atoms with Gasteiger partial charge in [0.05, 0.1) is 5.41 Å². The molecule has 1 saturated carbocycles. The fourth-order valence-corrected chi connectivity index (χ4v) is 4.62. The molecule has 4 rings (SSSR count). The van der Waals surface area contributed by atoms with Crippen LogP contribution in [0.15, 0.2) is 36.7 Å². The Morgan fingerprint density at radius 2 is 2.11 bits per heavy atom. The van der Waals surface area contributed by atoms with Crippen LogP contribution in [-0.2, 0) is 11.8 Å². The first-order valence-corrected chi connectivity index (χ1v) is 9.42. The number of carboxylic acid groups (broad SMARTS) is 1. The first kappa shape index (κ1) is 18.5. The standard InChI is InChI=1S/C20H23FN4O3/c1-24-10-9-22-17(24)16(13-4-6-15(21)7-5-13)23-19(28)25-11-14-3-2-8-20(14,12-25)18(26)27/h4-7,9-10,14,16H,2-3,8,11-12H2,1H3,(H,23,28)(H,26,27)/t14-,16?,20+/m0/s1. The Kier molecular flexibility index (Phi) is 4.56. The SMILES string of the molecule is Cn1ccnc1C(NC(=O)N1C[C@@H]2CCC[C@@]2(C(=O)O)C1)c1ccc(F)cc1. The molecule has 2 amide bonds. The zero-order chi connectivity index (χ0) is 19.9. The summed E-state index contributed by atoms with van der Waals surface area (Å²) in [5.41, 5.74) is -0.122. The van der Waals surface area contributed by atoms with Gasteiger partial charge in [-0.2, -0.15) is 0 Å². The van der Waals surface area contributed by atoms with Gasteiger partial charge in [0.15, 0.2) is 0 Å². The number of imidazole rings is 1. The van der Waals surface area contributed by atoms with E-state index in [0.717, 1.165) is 12.8 Å². The second-order valence-corrected chi connectivity index (χ2v) is 7.76. The van der Waals surface area contributed by atoms with E-state index in [1.807, 2.05) is 7.05 Å². The highest BCUT2D eigenvalue weighted by atomic mass is 19.1. The molecule has 28 heavy (non-hydrogen) atoms. The number of aliphatic carboxylic acids is 1. The zero-order valence-corrected chi connectivity index (χ0v) is 15.6. The second kappa shape index (κ2) is 6.92. The van der Waals surface area contributed by atoms with Gasteiger partial charge in [-0.25, -0.2) is 14.2 Å². The van der Waals surface area contributed by atoms with Crippen molar-refractivity contribution in [3.05, 3.63) is 53.9 Å². The van der Waals surface area contributed by atoms with Crippen LogP contribution in [0.5, 0.6) is 0 Å². The van der Waals surface area contributed by atoms with E-state index in [2.05, 4.69) is 10.3 Å². The molecule has 0 spiro atoms. The molecule has 1 saturated heterocycles. The Hall–Kier alpha value is -2.90. The molecule has 0 bridgehead atoms. The van der Waals surface area contributed by atoms with Gasteiger partial charge in [-0.05, 0) is 36.5 Å². The lowest BCUT2D eigenvalue weighted by atomic mass is 9.81. The summed E-state index contributed by atoms with van der Waals surface area (Å²) < 4.78 is 15.2. The molecule has 7 nitrogen and oxygen atoms in total. The van der Waals surface area contributed by atoms with Crippen LogP contribution in [0.3, 0.4) is 0 Å². The third kappa shape index (κ3) is 3.02. The number of carbonyl (C=O) groups is 2. The third-order valence-corrected chi connectivity index (χ3v) is 6.17. The van der Waals surface area contributed by atoms with Gasteiger partial charge in [0.1, 0.15) is 17.7 Å². The largest absolute Gasteiger partial charge is 0.481 e. The minimum absolute atomic E-state index is 0.00631. The average molecular weight is 386 g/mol. The van der Waals surface area contributed by atoms with E-state index in [9.17, 15) is 19.1 Å². The van der Waals surface area contributed by atoms with Crippen molar-refractivity contribution in [1.82, 2.24) is 19.8 Å². The molecule has 0 radical (unpaired) electrons. The molecule has 1 aromatic carbocycles. The quantitative estimate of drug-likeness (QED) is 0.845. The highest BCUT2D eigenvalue weighted by molar-refractivity contribution is 5.81. The Morgan fingerprint density at radius 3 is 2.71 bits per heavy atom. The molecule has 1 aromatic heterocycles. The molecular formula is C20H23FN4O3. The number of carboxylic acids is 1. The molecule has 2 N–H and O–H groups in total. The summed E-state index contributed by atoms with van der Waals surface area (Å²) in [5.74, 6) is -0.561. The van der Waals surface area contributed by atoms with Crippen molar-refractivity contribution < 1.29 is 19.1 Å². The number of benzene rings is 1. The number of aryl methyl sites for hydroxylation is 1. The summed E-state index contributed by atoms with van der Waals surface area (Å²) in [7, 11) is 1.82. The van der Waals surface area contributed by atoms with Crippen LogP contribution in [0.4, 0.5) is 9.18 Å². The number of hydrogen-bond acceptors (Lipinski definition) is 3. The normalized spacial score (nSPS) is 24.8. The number of carbonyl (C=O) groups excluding carboxylic acids is 1. The summed E-state index contributed by atoms with van der Waals surface area (Å²) in [5, 5.41) is 12.7. The predicted octanol–water partition coefficient (Wildman–Crippen LogP) is 2.54. The molecule has 2 aliphatic rings. The minimum atomic E-state index is -0.827. The number of rotatable bonds is 4. The minimum Gasteiger partial charge on any atom is -0.481 e. The Balaban J connectivity index is 1.57. The third-order valence-electron chi connectivity index (χ3n) is 6.17.